The Labute approximate surface area is 94.0 Å². The molecule has 16 heavy (non-hydrogen) atoms. The van der Waals surface area contributed by atoms with Crippen molar-refractivity contribution in [3.8, 4) is 6.07 Å². The smallest absolute Gasteiger partial charge is 0.374 e. The van der Waals surface area contributed by atoms with Gasteiger partial charge >= 0.3 is 5.97 Å². The minimum absolute atomic E-state index is 0.0616. The van der Waals surface area contributed by atoms with Gasteiger partial charge in [0.15, 0.2) is 0 Å². The van der Waals surface area contributed by atoms with Gasteiger partial charge in [-0.3, -0.25) is 0 Å². The standard InChI is InChI=1S/C11H14N2O3/c1-8(5-12)6-13-7-9-3-4-16-10(9)11(14)15-2/h3-4,8,13H,6-7H2,1-2H3. The number of furan rings is 1. The number of hydrogen-bond donors (Lipinski definition) is 1. The number of nitrogens with one attached hydrogen (secondary N) is 1. The minimum Gasteiger partial charge on any atom is -0.463 e. The van der Waals surface area contributed by atoms with Gasteiger partial charge in [0, 0.05) is 18.7 Å². The quantitative estimate of drug-likeness (QED) is 0.760. The third-order valence-corrected chi connectivity index (χ3v) is 2.10. The van der Waals surface area contributed by atoms with Crippen LogP contribution in [0.3, 0.4) is 0 Å². The lowest BCUT2D eigenvalue weighted by Gasteiger charge is -2.05. The molecule has 0 radical (unpaired) electrons. The highest BCUT2D eigenvalue weighted by Crippen LogP contribution is 2.11. The third kappa shape index (κ3) is 3.11. The zero-order valence-corrected chi connectivity index (χ0v) is 9.32. The fourth-order valence-corrected chi connectivity index (χ4v) is 1.22. The van der Waals surface area contributed by atoms with Crippen molar-refractivity contribution in [3.63, 3.8) is 0 Å². The second kappa shape index (κ2) is 5.93. The average molecular weight is 222 g/mol. The van der Waals surface area contributed by atoms with Crippen LogP contribution in [-0.4, -0.2) is 19.6 Å². The van der Waals surface area contributed by atoms with Crippen LogP contribution in [0, 0.1) is 17.2 Å². The molecule has 1 atom stereocenters. The van der Waals surface area contributed by atoms with E-state index in [1.807, 2.05) is 6.92 Å². The van der Waals surface area contributed by atoms with Crippen LogP contribution >= 0.6 is 0 Å². The van der Waals surface area contributed by atoms with Crippen LogP contribution in [-0.2, 0) is 11.3 Å². The van der Waals surface area contributed by atoms with E-state index in [2.05, 4.69) is 16.1 Å². The minimum atomic E-state index is -0.491. The first-order valence-corrected chi connectivity index (χ1v) is 4.94. The molecule has 1 unspecified atom stereocenters. The molecule has 0 aromatic carbocycles. The Kier molecular flexibility index (Phi) is 4.55. The number of esters is 1. The van der Waals surface area contributed by atoms with Crippen molar-refractivity contribution in [2.45, 2.75) is 13.5 Å². The van der Waals surface area contributed by atoms with E-state index in [1.165, 1.54) is 13.4 Å². The van der Waals surface area contributed by atoms with Gasteiger partial charge in [-0.25, -0.2) is 4.79 Å². The Balaban J connectivity index is 2.52. The molecule has 86 valence electrons. The van der Waals surface area contributed by atoms with Crippen molar-refractivity contribution >= 4 is 5.97 Å². The molecule has 1 aromatic rings. The van der Waals surface area contributed by atoms with Crippen molar-refractivity contribution in [3.05, 3.63) is 23.7 Å². The number of methoxy groups -OCH3 is 1. The van der Waals surface area contributed by atoms with Crippen LogP contribution < -0.4 is 5.32 Å². The second-order valence-corrected chi connectivity index (χ2v) is 3.43. The molecule has 0 fully saturated rings. The number of nitrogens with zero attached hydrogens (tertiary/aromatic N) is 1. The summed E-state index contributed by atoms with van der Waals surface area (Å²) in [6.45, 7) is 2.87. The largest absolute Gasteiger partial charge is 0.463 e. The van der Waals surface area contributed by atoms with Crippen molar-refractivity contribution in [2.24, 2.45) is 5.92 Å². The molecule has 1 heterocycles. The molecule has 0 aliphatic heterocycles. The second-order valence-electron chi connectivity index (χ2n) is 3.43. The molecule has 1 N–H and O–H groups in total. The maximum atomic E-state index is 11.3. The summed E-state index contributed by atoms with van der Waals surface area (Å²) in [6.07, 6.45) is 1.44. The van der Waals surface area contributed by atoms with Crippen LogP contribution in [0.2, 0.25) is 0 Å². The van der Waals surface area contributed by atoms with Crippen LogP contribution in [0.25, 0.3) is 0 Å². The molecule has 0 saturated carbocycles. The predicted molar refractivity (Wildman–Crippen MR) is 56.5 cm³/mol. The zero-order chi connectivity index (χ0) is 12.0. The van der Waals surface area contributed by atoms with Crippen LogP contribution in [0.5, 0.6) is 0 Å². The highest BCUT2D eigenvalue weighted by molar-refractivity contribution is 5.87. The molecule has 0 aliphatic rings. The van der Waals surface area contributed by atoms with Gasteiger partial charge in [-0.1, -0.05) is 0 Å². The van der Waals surface area contributed by atoms with Gasteiger partial charge in [-0.05, 0) is 13.0 Å². The first kappa shape index (κ1) is 12.3. The van der Waals surface area contributed by atoms with E-state index in [0.29, 0.717) is 13.1 Å². The molecule has 5 nitrogen and oxygen atoms in total. The van der Waals surface area contributed by atoms with E-state index < -0.39 is 5.97 Å². The molecule has 1 aromatic heterocycles. The lowest BCUT2D eigenvalue weighted by molar-refractivity contribution is 0.0563. The lowest BCUT2D eigenvalue weighted by Crippen LogP contribution is -2.20. The van der Waals surface area contributed by atoms with E-state index in [9.17, 15) is 4.79 Å². The highest BCUT2D eigenvalue weighted by Gasteiger charge is 2.15. The van der Waals surface area contributed by atoms with E-state index >= 15 is 0 Å². The van der Waals surface area contributed by atoms with E-state index in [1.54, 1.807) is 6.07 Å². The molecule has 0 aliphatic carbocycles. The van der Waals surface area contributed by atoms with Crippen molar-refractivity contribution in [2.75, 3.05) is 13.7 Å². The summed E-state index contributed by atoms with van der Waals surface area (Å²) >= 11 is 0. The summed E-state index contributed by atoms with van der Waals surface area (Å²) in [7, 11) is 1.31. The lowest BCUT2D eigenvalue weighted by atomic mass is 10.2. The van der Waals surface area contributed by atoms with E-state index in [0.717, 1.165) is 5.56 Å². The maximum absolute atomic E-state index is 11.3. The number of rotatable bonds is 5. The highest BCUT2D eigenvalue weighted by atomic mass is 16.5. The van der Waals surface area contributed by atoms with E-state index in [-0.39, 0.29) is 11.7 Å². The Bertz CT molecular complexity index is 392. The van der Waals surface area contributed by atoms with Gasteiger partial charge in [0.25, 0.3) is 0 Å². The Hall–Kier alpha value is -1.80. The van der Waals surface area contributed by atoms with Crippen LogP contribution in [0.15, 0.2) is 16.7 Å². The molecular weight excluding hydrogens is 208 g/mol. The number of nitriles is 1. The summed E-state index contributed by atoms with van der Waals surface area (Å²) in [6, 6.07) is 3.82. The molecular formula is C11H14N2O3. The van der Waals surface area contributed by atoms with Gasteiger partial charge < -0.3 is 14.5 Å². The summed E-state index contributed by atoms with van der Waals surface area (Å²) in [4.78, 5) is 11.3. The monoisotopic (exact) mass is 222 g/mol. The Morgan fingerprint density at radius 2 is 2.50 bits per heavy atom. The molecule has 0 spiro atoms. The maximum Gasteiger partial charge on any atom is 0.374 e. The van der Waals surface area contributed by atoms with Crippen LogP contribution in [0.1, 0.15) is 23.0 Å². The number of carbonyl (C=O) groups excluding carboxylic acids is 1. The first-order valence-electron chi connectivity index (χ1n) is 4.94. The fourth-order valence-electron chi connectivity index (χ4n) is 1.22. The SMILES string of the molecule is COC(=O)c1occc1CNCC(C)C#N. The number of ether oxygens (including phenoxy) is 1. The van der Waals surface area contributed by atoms with Crippen molar-refractivity contribution < 1.29 is 13.9 Å². The Morgan fingerprint density at radius 3 is 3.12 bits per heavy atom. The van der Waals surface area contributed by atoms with Gasteiger partial charge in [-0.15, -0.1) is 0 Å². The summed E-state index contributed by atoms with van der Waals surface area (Å²) in [5.74, 6) is -0.344. The number of carbonyl (C=O) groups is 1. The molecule has 5 heteroatoms. The Morgan fingerprint density at radius 1 is 1.75 bits per heavy atom. The van der Waals surface area contributed by atoms with Gasteiger partial charge in [0.1, 0.15) is 0 Å². The summed E-state index contributed by atoms with van der Waals surface area (Å²) < 4.78 is 9.59. The molecule has 1 rings (SSSR count). The molecule has 0 amide bonds. The zero-order valence-electron chi connectivity index (χ0n) is 9.32. The predicted octanol–water partition coefficient (Wildman–Crippen LogP) is 1.32. The summed E-state index contributed by atoms with van der Waals surface area (Å²) in [5.41, 5.74) is 0.733. The first-order chi connectivity index (χ1) is 7.69. The molecule has 0 bridgehead atoms. The average Bonchev–Trinajstić information content (AvgIpc) is 2.76. The number of hydrogen-bond acceptors (Lipinski definition) is 5. The third-order valence-electron chi connectivity index (χ3n) is 2.10. The normalized spacial score (nSPS) is 11.8. The van der Waals surface area contributed by atoms with Gasteiger partial charge in [0.2, 0.25) is 5.76 Å². The fraction of sp³-hybridized carbons (Fsp3) is 0.455. The summed E-state index contributed by atoms with van der Waals surface area (Å²) in [5, 5.41) is 11.7. The van der Waals surface area contributed by atoms with Crippen molar-refractivity contribution in [1.29, 1.82) is 5.26 Å². The van der Waals surface area contributed by atoms with E-state index in [4.69, 9.17) is 9.68 Å². The topological polar surface area (TPSA) is 75.3 Å². The van der Waals surface area contributed by atoms with Gasteiger partial charge in [0.05, 0.1) is 25.4 Å². The van der Waals surface area contributed by atoms with Crippen LogP contribution in [0.4, 0.5) is 0 Å². The van der Waals surface area contributed by atoms with Crippen molar-refractivity contribution in [1.82, 2.24) is 5.32 Å². The molecule has 0 saturated heterocycles. The van der Waals surface area contributed by atoms with Gasteiger partial charge in [-0.2, -0.15) is 5.26 Å².